The lowest BCUT2D eigenvalue weighted by Gasteiger charge is -2.14. The van der Waals surface area contributed by atoms with E-state index in [1.54, 1.807) is 0 Å². The van der Waals surface area contributed by atoms with E-state index in [0.717, 1.165) is 6.42 Å². The molecule has 0 aliphatic rings. The first-order valence-corrected chi connectivity index (χ1v) is 9.03. The lowest BCUT2D eigenvalue weighted by molar-refractivity contribution is -0.138. The summed E-state index contributed by atoms with van der Waals surface area (Å²) in [5.74, 6) is 0.276. The lowest BCUT2D eigenvalue weighted by Crippen LogP contribution is -2.12. The predicted molar refractivity (Wildman–Crippen MR) is 95.8 cm³/mol. The smallest absolute Gasteiger partial charge is 0.445 e. The van der Waals surface area contributed by atoms with Crippen molar-refractivity contribution in [2.75, 3.05) is 19.0 Å². The Morgan fingerprint density at radius 3 is 2.59 bits per heavy atom. The first-order chi connectivity index (χ1) is 12.6. The average Bonchev–Trinajstić information content (AvgIpc) is 3.04. The van der Waals surface area contributed by atoms with Crippen molar-refractivity contribution in [3.8, 4) is 11.5 Å². The molecule has 0 unspecified atom stereocenters. The standard InChI is InChI=1S/C16H17ClF3N3O3S/c1-8(2)4-5-26-12-10(17)6-9(7-11(12)25-3)13(24)21-15-23-22-14(27-15)16(18,19)20/h6-8H,4-5H2,1-3H3,(H,21,23,24). The summed E-state index contributed by atoms with van der Waals surface area (Å²) in [4.78, 5) is 12.3. The second kappa shape index (κ2) is 8.75. The van der Waals surface area contributed by atoms with E-state index < -0.39 is 17.1 Å². The minimum atomic E-state index is -4.62. The zero-order chi connectivity index (χ0) is 20.2. The number of nitrogens with one attached hydrogen (secondary N) is 1. The van der Waals surface area contributed by atoms with Gasteiger partial charge in [-0.3, -0.25) is 10.1 Å². The average molecular weight is 424 g/mol. The molecule has 0 saturated heterocycles. The molecule has 2 rings (SSSR count). The molecule has 11 heteroatoms. The maximum absolute atomic E-state index is 12.6. The zero-order valence-corrected chi connectivity index (χ0v) is 16.3. The van der Waals surface area contributed by atoms with E-state index >= 15 is 0 Å². The Balaban J connectivity index is 2.16. The molecule has 0 aliphatic carbocycles. The van der Waals surface area contributed by atoms with Gasteiger partial charge >= 0.3 is 6.18 Å². The van der Waals surface area contributed by atoms with Crippen LogP contribution in [0.4, 0.5) is 18.3 Å². The van der Waals surface area contributed by atoms with Crippen LogP contribution in [-0.2, 0) is 6.18 Å². The van der Waals surface area contributed by atoms with E-state index in [2.05, 4.69) is 15.5 Å². The van der Waals surface area contributed by atoms with Crippen molar-refractivity contribution in [3.05, 3.63) is 27.7 Å². The quantitative estimate of drug-likeness (QED) is 0.686. The number of amides is 1. The van der Waals surface area contributed by atoms with Crippen molar-refractivity contribution in [1.82, 2.24) is 10.2 Å². The Hall–Kier alpha value is -2.07. The van der Waals surface area contributed by atoms with Crippen LogP contribution in [0.15, 0.2) is 12.1 Å². The summed E-state index contributed by atoms with van der Waals surface area (Å²) < 4.78 is 48.5. The van der Waals surface area contributed by atoms with Crippen LogP contribution in [0.2, 0.25) is 5.02 Å². The highest BCUT2D eigenvalue weighted by Gasteiger charge is 2.35. The fourth-order valence-electron chi connectivity index (χ4n) is 1.95. The summed E-state index contributed by atoms with van der Waals surface area (Å²) in [5, 5.41) is 7.30. The van der Waals surface area contributed by atoms with E-state index in [9.17, 15) is 18.0 Å². The Morgan fingerprint density at radius 2 is 2.04 bits per heavy atom. The van der Waals surface area contributed by atoms with E-state index in [0.29, 0.717) is 18.3 Å². The Kier molecular flexibility index (Phi) is 6.88. The van der Waals surface area contributed by atoms with Crippen molar-refractivity contribution < 1.29 is 27.4 Å². The van der Waals surface area contributed by atoms with E-state index in [4.69, 9.17) is 21.1 Å². The number of hydrogen-bond donors (Lipinski definition) is 1. The number of carbonyl (C=O) groups is 1. The van der Waals surface area contributed by atoms with Crippen LogP contribution in [0.1, 0.15) is 35.6 Å². The van der Waals surface area contributed by atoms with Crippen molar-refractivity contribution in [2.24, 2.45) is 5.92 Å². The number of halogens is 4. The summed E-state index contributed by atoms with van der Waals surface area (Å²) >= 11 is 6.41. The van der Waals surface area contributed by atoms with Gasteiger partial charge in [0.15, 0.2) is 11.5 Å². The highest BCUT2D eigenvalue weighted by molar-refractivity contribution is 7.15. The Bertz CT molecular complexity index is 812. The van der Waals surface area contributed by atoms with Crippen LogP contribution < -0.4 is 14.8 Å². The number of hydrogen-bond acceptors (Lipinski definition) is 6. The van der Waals surface area contributed by atoms with Crippen LogP contribution in [0.5, 0.6) is 11.5 Å². The molecule has 0 radical (unpaired) electrons. The van der Waals surface area contributed by atoms with Gasteiger partial charge in [-0.15, -0.1) is 10.2 Å². The van der Waals surface area contributed by atoms with Crippen LogP contribution in [-0.4, -0.2) is 29.8 Å². The topological polar surface area (TPSA) is 73.3 Å². The predicted octanol–water partition coefficient (Wildman–Crippen LogP) is 4.90. The highest BCUT2D eigenvalue weighted by atomic mass is 35.5. The second-order valence-electron chi connectivity index (χ2n) is 5.88. The van der Waals surface area contributed by atoms with Gasteiger partial charge in [-0.05, 0) is 24.5 Å². The fraction of sp³-hybridized carbons (Fsp3) is 0.438. The number of ether oxygens (including phenoxy) is 2. The molecular weight excluding hydrogens is 407 g/mol. The number of nitrogens with zero attached hydrogens (tertiary/aromatic N) is 2. The maximum Gasteiger partial charge on any atom is 0.445 e. The molecule has 0 bridgehead atoms. The first kappa shape index (κ1) is 21.2. The Labute approximate surface area is 162 Å². The molecular formula is C16H17ClF3N3O3S. The summed E-state index contributed by atoms with van der Waals surface area (Å²) in [6, 6.07) is 2.73. The fourth-order valence-corrected chi connectivity index (χ4v) is 2.82. The Morgan fingerprint density at radius 1 is 1.33 bits per heavy atom. The maximum atomic E-state index is 12.6. The van der Waals surface area contributed by atoms with Crippen molar-refractivity contribution in [3.63, 3.8) is 0 Å². The highest BCUT2D eigenvalue weighted by Crippen LogP contribution is 2.37. The van der Waals surface area contributed by atoms with Crippen LogP contribution >= 0.6 is 22.9 Å². The molecule has 1 heterocycles. The lowest BCUT2D eigenvalue weighted by atomic mass is 10.1. The molecule has 27 heavy (non-hydrogen) atoms. The number of anilines is 1. The number of benzene rings is 1. The van der Waals surface area contributed by atoms with Crippen molar-refractivity contribution in [2.45, 2.75) is 26.4 Å². The van der Waals surface area contributed by atoms with Crippen LogP contribution in [0, 0.1) is 5.92 Å². The molecule has 0 fully saturated rings. The molecule has 148 valence electrons. The number of aromatic nitrogens is 2. The molecule has 6 nitrogen and oxygen atoms in total. The zero-order valence-electron chi connectivity index (χ0n) is 14.7. The largest absolute Gasteiger partial charge is 0.493 e. The van der Waals surface area contributed by atoms with Gasteiger partial charge in [0.2, 0.25) is 10.1 Å². The van der Waals surface area contributed by atoms with Crippen LogP contribution in [0.25, 0.3) is 0 Å². The van der Waals surface area contributed by atoms with E-state index in [1.165, 1.54) is 19.2 Å². The van der Waals surface area contributed by atoms with E-state index in [-0.39, 0.29) is 32.8 Å². The van der Waals surface area contributed by atoms with Gasteiger partial charge in [0.25, 0.3) is 5.91 Å². The second-order valence-corrected chi connectivity index (χ2v) is 7.27. The molecule has 0 atom stereocenters. The minimum absolute atomic E-state index is 0.0804. The summed E-state index contributed by atoms with van der Waals surface area (Å²) in [5.41, 5.74) is 0.0804. The van der Waals surface area contributed by atoms with Gasteiger partial charge in [-0.25, -0.2) is 0 Å². The number of alkyl halides is 3. The molecule has 0 spiro atoms. The molecule has 1 amide bonds. The van der Waals surface area contributed by atoms with Gasteiger partial charge in [0.1, 0.15) is 0 Å². The van der Waals surface area contributed by atoms with Gasteiger partial charge in [0.05, 0.1) is 18.7 Å². The minimum Gasteiger partial charge on any atom is -0.493 e. The SMILES string of the molecule is COc1cc(C(=O)Nc2nnc(C(F)(F)F)s2)cc(Cl)c1OCCC(C)C. The summed E-state index contributed by atoms with van der Waals surface area (Å²) in [6.45, 7) is 4.52. The number of methoxy groups -OCH3 is 1. The van der Waals surface area contributed by atoms with Gasteiger partial charge in [-0.2, -0.15) is 13.2 Å². The number of rotatable bonds is 7. The normalized spacial score (nSPS) is 11.6. The third kappa shape index (κ3) is 5.70. The van der Waals surface area contributed by atoms with E-state index in [1.807, 2.05) is 13.8 Å². The van der Waals surface area contributed by atoms with Gasteiger partial charge in [0, 0.05) is 5.56 Å². The van der Waals surface area contributed by atoms with Crippen LogP contribution in [0.3, 0.4) is 0 Å². The monoisotopic (exact) mass is 423 g/mol. The first-order valence-electron chi connectivity index (χ1n) is 7.84. The summed E-state index contributed by atoms with van der Waals surface area (Å²) in [7, 11) is 1.39. The van der Waals surface area contributed by atoms with Crippen molar-refractivity contribution in [1.29, 1.82) is 0 Å². The molecule has 1 aromatic carbocycles. The third-order valence-electron chi connectivity index (χ3n) is 3.32. The molecule has 1 aromatic heterocycles. The molecule has 1 N–H and O–H groups in total. The molecule has 2 aromatic rings. The number of carbonyl (C=O) groups excluding carboxylic acids is 1. The molecule has 0 saturated carbocycles. The van der Waals surface area contributed by atoms with Gasteiger partial charge < -0.3 is 9.47 Å². The summed E-state index contributed by atoms with van der Waals surface area (Å²) in [6.07, 6.45) is -3.82. The van der Waals surface area contributed by atoms with Crippen molar-refractivity contribution >= 4 is 34.0 Å². The third-order valence-corrected chi connectivity index (χ3v) is 4.49. The van der Waals surface area contributed by atoms with Gasteiger partial charge in [-0.1, -0.05) is 36.8 Å². The molecule has 0 aliphatic heterocycles.